The maximum Gasteiger partial charge on any atom is 0.409 e. The van der Waals surface area contributed by atoms with Crippen molar-refractivity contribution in [3.8, 4) is 0 Å². The lowest BCUT2D eigenvalue weighted by molar-refractivity contribution is 0.0934. The fraction of sp³-hybridized carbons (Fsp3) is 0.500. The van der Waals surface area contributed by atoms with Crippen LogP contribution in [0.1, 0.15) is 12.5 Å². The van der Waals surface area contributed by atoms with E-state index in [1.165, 1.54) is 9.21 Å². The molecule has 1 amide bonds. The molecule has 122 valence electrons. The van der Waals surface area contributed by atoms with E-state index in [1.807, 2.05) is 0 Å². The Morgan fingerprint density at radius 2 is 1.86 bits per heavy atom. The van der Waals surface area contributed by atoms with Crippen molar-refractivity contribution in [2.45, 2.75) is 12.7 Å². The van der Waals surface area contributed by atoms with Crippen molar-refractivity contribution in [3.63, 3.8) is 0 Å². The molecular weight excluding hydrogens is 328 g/mol. The Hall–Kier alpha value is -1.31. The normalized spacial score (nSPS) is 16.5. The van der Waals surface area contributed by atoms with Crippen LogP contribution in [0.15, 0.2) is 24.3 Å². The van der Waals surface area contributed by atoms with Gasteiger partial charge in [0.1, 0.15) is 0 Å². The van der Waals surface area contributed by atoms with Crippen LogP contribution in [0.3, 0.4) is 0 Å². The van der Waals surface area contributed by atoms with Gasteiger partial charge in [-0.15, -0.1) is 0 Å². The molecule has 22 heavy (non-hydrogen) atoms. The summed E-state index contributed by atoms with van der Waals surface area (Å²) in [5.74, 6) is -0.133. The van der Waals surface area contributed by atoms with E-state index in [2.05, 4.69) is 0 Å². The average Bonchev–Trinajstić information content (AvgIpc) is 2.50. The topological polar surface area (TPSA) is 66.9 Å². The van der Waals surface area contributed by atoms with Gasteiger partial charge >= 0.3 is 6.09 Å². The quantitative estimate of drug-likeness (QED) is 0.835. The Balaban J connectivity index is 1.98. The molecule has 1 aromatic rings. The number of ether oxygens (including phenoxy) is 1. The van der Waals surface area contributed by atoms with Gasteiger partial charge in [0.2, 0.25) is 10.0 Å². The zero-order chi connectivity index (χ0) is 16.2. The lowest BCUT2D eigenvalue weighted by atomic mass is 10.2. The van der Waals surface area contributed by atoms with Gasteiger partial charge in [0.05, 0.1) is 12.4 Å². The molecule has 1 fully saturated rings. The Morgan fingerprint density at radius 3 is 2.45 bits per heavy atom. The summed E-state index contributed by atoms with van der Waals surface area (Å²) in [7, 11) is -3.45. The smallest absolute Gasteiger partial charge is 0.409 e. The standard InChI is InChI=1S/C14H19ClN2O4S/c1-2-21-14(18)16-7-9-17(10-8-16)22(19,20)11-12-5-3-4-6-13(12)15/h3-6H,2,7-11H2,1H3. The number of hydrogen-bond acceptors (Lipinski definition) is 4. The van der Waals surface area contributed by atoms with Gasteiger partial charge in [-0.3, -0.25) is 0 Å². The van der Waals surface area contributed by atoms with Crippen LogP contribution >= 0.6 is 11.6 Å². The third-order valence-corrected chi connectivity index (χ3v) is 5.65. The molecule has 1 saturated heterocycles. The maximum absolute atomic E-state index is 12.4. The predicted molar refractivity (Wildman–Crippen MR) is 84.2 cm³/mol. The van der Waals surface area contributed by atoms with E-state index in [0.29, 0.717) is 30.3 Å². The predicted octanol–water partition coefficient (Wildman–Crippen LogP) is 1.94. The number of carbonyl (C=O) groups excluding carboxylic acids is 1. The van der Waals surface area contributed by atoms with E-state index in [4.69, 9.17) is 16.3 Å². The van der Waals surface area contributed by atoms with E-state index in [1.54, 1.807) is 31.2 Å². The van der Waals surface area contributed by atoms with E-state index >= 15 is 0 Å². The number of hydrogen-bond donors (Lipinski definition) is 0. The van der Waals surface area contributed by atoms with Crippen LogP contribution in [0.5, 0.6) is 0 Å². The number of nitrogens with zero attached hydrogens (tertiary/aromatic N) is 2. The number of piperazine rings is 1. The molecule has 1 aromatic carbocycles. The second-order valence-corrected chi connectivity index (χ2v) is 7.31. The molecule has 1 heterocycles. The molecule has 0 spiro atoms. The summed E-state index contributed by atoms with van der Waals surface area (Å²) >= 11 is 6.02. The minimum atomic E-state index is -3.45. The van der Waals surface area contributed by atoms with Crippen molar-refractivity contribution >= 4 is 27.7 Å². The highest BCUT2D eigenvalue weighted by atomic mass is 35.5. The van der Waals surface area contributed by atoms with E-state index in [-0.39, 0.29) is 18.8 Å². The van der Waals surface area contributed by atoms with Gasteiger partial charge in [0.15, 0.2) is 0 Å². The number of sulfonamides is 1. The minimum Gasteiger partial charge on any atom is -0.450 e. The fourth-order valence-corrected chi connectivity index (χ4v) is 4.10. The summed E-state index contributed by atoms with van der Waals surface area (Å²) in [6.07, 6.45) is -0.398. The van der Waals surface area contributed by atoms with Crippen molar-refractivity contribution in [2.75, 3.05) is 32.8 Å². The van der Waals surface area contributed by atoms with Gasteiger partial charge in [-0.1, -0.05) is 29.8 Å². The van der Waals surface area contributed by atoms with Gasteiger partial charge in [-0.25, -0.2) is 13.2 Å². The highest BCUT2D eigenvalue weighted by molar-refractivity contribution is 7.88. The first-order valence-electron chi connectivity index (χ1n) is 7.07. The number of carbonyl (C=O) groups is 1. The lowest BCUT2D eigenvalue weighted by Crippen LogP contribution is -2.50. The van der Waals surface area contributed by atoms with Gasteiger partial charge in [-0.2, -0.15) is 4.31 Å². The van der Waals surface area contributed by atoms with Crippen LogP contribution in [0.25, 0.3) is 0 Å². The first-order valence-corrected chi connectivity index (χ1v) is 9.05. The second-order valence-electron chi connectivity index (χ2n) is 4.93. The summed E-state index contributed by atoms with van der Waals surface area (Å²) in [4.78, 5) is 13.1. The minimum absolute atomic E-state index is 0.133. The molecule has 0 aromatic heterocycles. The molecule has 0 N–H and O–H groups in total. The highest BCUT2D eigenvalue weighted by Gasteiger charge is 2.29. The molecule has 6 nitrogen and oxygen atoms in total. The van der Waals surface area contributed by atoms with Gasteiger partial charge < -0.3 is 9.64 Å². The van der Waals surface area contributed by atoms with Crippen molar-refractivity contribution in [2.24, 2.45) is 0 Å². The molecule has 2 rings (SSSR count). The number of amides is 1. The van der Waals surface area contributed by atoms with Crippen LogP contribution in [-0.4, -0.2) is 56.5 Å². The van der Waals surface area contributed by atoms with Crippen LogP contribution in [-0.2, 0) is 20.5 Å². The van der Waals surface area contributed by atoms with Gasteiger partial charge in [0, 0.05) is 31.2 Å². The molecule has 0 bridgehead atoms. The molecule has 0 saturated carbocycles. The Labute approximate surface area is 135 Å². The first-order chi connectivity index (χ1) is 10.4. The molecule has 0 unspecified atom stereocenters. The molecule has 8 heteroatoms. The van der Waals surface area contributed by atoms with Crippen LogP contribution in [0, 0.1) is 0 Å². The summed E-state index contributed by atoms with van der Waals surface area (Å²) in [6, 6.07) is 6.89. The highest BCUT2D eigenvalue weighted by Crippen LogP contribution is 2.20. The van der Waals surface area contributed by atoms with E-state index in [9.17, 15) is 13.2 Å². The Bertz CT molecular complexity index is 627. The second kappa shape index (κ2) is 7.30. The third kappa shape index (κ3) is 4.12. The van der Waals surface area contributed by atoms with Crippen LogP contribution < -0.4 is 0 Å². The summed E-state index contributed by atoms with van der Waals surface area (Å²) < 4.78 is 31.2. The first kappa shape index (κ1) is 17.1. The number of halogens is 1. The molecular formula is C14H19ClN2O4S. The lowest BCUT2D eigenvalue weighted by Gasteiger charge is -2.33. The van der Waals surface area contributed by atoms with Gasteiger partial charge in [0.25, 0.3) is 0 Å². The number of rotatable bonds is 4. The fourth-order valence-electron chi connectivity index (χ4n) is 2.27. The van der Waals surface area contributed by atoms with E-state index < -0.39 is 16.1 Å². The summed E-state index contributed by atoms with van der Waals surface area (Å²) in [5, 5.41) is 0.441. The van der Waals surface area contributed by atoms with Crippen LogP contribution in [0.2, 0.25) is 5.02 Å². The molecule has 1 aliphatic rings. The zero-order valence-corrected chi connectivity index (χ0v) is 13.9. The Morgan fingerprint density at radius 1 is 1.23 bits per heavy atom. The van der Waals surface area contributed by atoms with E-state index in [0.717, 1.165) is 0 Å². The van der Waals surface area contributed by atoms with Crippen molar-refractivity contribution in [3.05, 3.63) is 34.9 Å². The Kier molecular flexibility index (Phi) is 5.66. The monoisotopic (exact) mass is 346 g/mol. The molecule has 0 atom stereocenters. The largest absolute Gasteiger partial charge is 0.450 e. The number of benzene rings is 1. The molecule has 0 radical (unpaired) electrons. The van der Waals surface area contributed by atoms with Crippen LogP contribution in [0.4, 0.5) is 4.79 Å². The summed E-state index contributed by atoms with van der Waals surface area (Å²) in [5.41, 5.74) is 0.581. The zero-order valence-electron chi connectivity index (χ0n) is 12.4. The maximum atomic E-state index is 12.4. The molecule has 0 aliphatic carbocycles. The SMILES string of the molecule is CCOC(=O)N1CCN(S(=O)(=O)Cc2ccccc2Cl)CC1. The van der Waals surface area contributed by atoms with Crippen molar-refractivity contribution in [1.82, 2.24) is 9.21 Å². The summed E-state index contributed by atoms with van der Waals surface area (Å²) in [6.45, 7) is 3.25. The third-order valence-electron chi connectivity index (χ3n) is 3.45. The average molecular weight is 347 g/mol. The van der Waals surface area contributed by atoms with Gasteiger partial charge in [-0.05, 0) is 18.6 Å². The van der Waals surface area contributed by atoms with Crippen molar-refractivity contribution in [1.29, 1.82) is 0 Å². The van der Waals surface area contributed by atoms with Crippen molar-refractivity contribution < 1.29 is 17.9 Å². The molecule has 1 aliphatic heterocycles.